The number of amides is 1. The van der Waals surface area contributed by atoms with Crippen LogP contribution in [-0.2, 0) is 11.2 Å². The van der Waals surface area contributed by atoms with E-state index in [2.05, 4.69) is 20.5 Å². The molecule has 1 fully saturated rings. The Balaban J connectivity index is 1.57. The molecule has 0 aromatic carbocycles. The van der Waals surface area contributed by atoms with Gasteiger partial charge in [-0.05, 0) is 31.4 Å². The van der Waals surface area contributed by atoms with Crippen molar-refractivity contribution in [2.24, 2.45) is 0 Å². The first-order chi connectivity index (χ1) is 10.7. The van der Waals surface area contributed by atoms with E-state index in [4.69, 9.17) is 4.74 Å². The maximum atomic E-state index is 13.5. The summed E-state index contributed by atoms with van der Waals surface area (Å²) in [5, 5.41) is 9.43. The molecule has 1 amide bonds. The molecule has 0 spiro atoms. The van der Waals surface area contributed by atoms with Crippen molar-refractivity contribution in [3.05, 3.63) is 42.2 Å². The first kappa shape index (κ1) is 14.5. The van der Waals surface area contributed by atoms with E-state index in [0.717, 1.165) is 19.3 Å². The van der Waals surface area contributed by atoms with Crippen LogP contribution in [0.25, 0.3) is 0 Å². The number of aromatic nitrogens is 3. The molecule has 1 saturated carbocycles. The molecular weight excluding hydrogens is 287 g/mol. The molecular formula is C15H17FN4O2. The van der Waals surface area contributed by atoms with E-state index in [-0.39, 0.29) is 30.2 Å². The van der Waals surface area contributed by atoms with Gasteiger partial charge in [-0.1, -0.05) is 0 Å². The number of nitrogens with one attached hydrogen (secondary N) is 2. The normalized spacial score (nSPS) is 20.8. The lowest BCUT2D eigenvalue weighted by Gasteiger charge is -2.21. The van der Waals surface area contributed by atoms with Crippen LogP contribution in [0.4, 0.5) is 4.39 Å². The van der Waals surface area contributed by atoms with Gasteiger partial charge in [0.15, 0.2) is 5.75 Å². The maximum Gasteiger partial charge on any atom is 0.226 e. The number of hydrogen-bond acceptors (Lipinski definition) is 4. The summed E-state index contributed by atoms with van der Waals surface area (Å²) in [5.74, 6) is -0.0533. The zero-order valence-corrected chi connectivity index (χ0v) is 12.0. The first-order valence-corrected chi connectivity index (χ1v) is 7.26. The Morgan fingerprint density at radius 3 is 3.18 bits per heavy atom. The number of H-pyrrole nitrogens is 1. The van der Waals surface area contributed by atoms with E-state index in [1.54, 1.807) is 12.4 Å². The summed E-state index contributed by atoms with van der Waals surface area (Å²) in [6.07, 6.45) is 7.28. The minimum atomic E-state index is -0.463. The molecule has 2 aromatic rings. The second-order valence-corrected chi connectivity index (χ2v) is 5.30. The molecule has 0 aliphatic heterocycles. The standard InChI is InChI=1S/C15H17FN4O2/c16-11-3-2-6-17-13(11)7-15(21)20-12-4-1-5-14(12)22-10-8-18-19-9-10/h2-3,6,8-9,12,14H,1,4-5,7H2,(H,18,19)(H,20,21)/t12-,14+/m0/s1. The fraction of sp³-hybridized carbons (Fsp3) is 0.400. The number of carbonyl (C=O) groups is 1. The van der Waals surface area contributed by atoms with Crippen LogP contribution in [-0.4, -0.2) is 33.2 Å². The first-order valence-electron chi connectivity index (χ1n) is 7.26. The molecule has 6 nitrogen and oxygen atoms in total. The molecule has 1 aliphatic rings. The van der Waals surface area contributed by atoms with Crippen molar-refractivity contribution in [1.82, 2.24) is 20.5 Å². The molecule has 1 aliphatic carbocycles. The topological polar surface area (TPSA) is 79.9 Å². The molecule has 2 heterocycles. The SMILES string of the molecule is O=C(Cc1ncccc1F)N[C@H]1CCC[C@H]1Oc1cn[nH]c1. The minimum absolute atomic E-state index is 0.0679. The van der Waals surface area contributed by atoms with Gasteiger partial charge in [0.05, 0.1) is 30.6 Å². The highest BCUT2D eigenvalue weighted by Gasteiger charge is 2.30. The summed E-state index contributed by atoms with van der Waals surface area (Å²) in [4.78, 5) is 16.0. The Morgan fingerprint density at radius 1 is 1.50 bits per heavy atom. The molecule has 0 bridgehead atoms. The maximum absolute atomic E-state index is 13.5. The van der Waals surface area contributed by atoms with Gasteiger partial charge in [-0.25, -0.2) is 4.39 Å². The summed E-state index contributed by atoms with van der Waals surface area (Å²) in [6.45, 7) is 0. The number of hydrogen-bond donors (Lipinski definition) is 2. The Labute approximate surface area is 127 Å². The van der Waals surface area contributed by atoms with Gasteiger partial charge in [0.2, 0.25) is 5.91 Å². The van der Waals surface area contributed by atoms with Crippen molar-refractivity contribution in [1.29, 1.82) is 0 Å². The fourth-order valence-corrected chi connectivity index (χ4v) is 2.67. The van der Waals surface area contributed by atoms with Gasteiger partial charge < -0.3 is 10.1 Å². The van der Waals surface area contributed by atoms with Gasteiger partial charge in [0.25, 0.3) is 0 Å². The molecule has 7 heteroatoms. The highest BCUT2D eigenvalue weighted by Crippen LogP contribution is 2.24. The average Bonchev–Trinajstić information content (AvgIpc) is 3.15. The van der Waals surface area contributed by atoms with E-state index in [1.165, 1.54) is 18.3 Å². The minimum Gasteiger partial charge on any atom is -0.485 e. The molecule has 2 aromatic heterocycles. The second kappa shape index (κ2) is 6.55. The summed E-state index contributed by atoms with van der Waals surface area (Å²) < 4.78 is 19.3. The molecule has 3 rings (SSSR count). The Kier molecular flexibility index (Phi) is 4.32. The van der Waals surface area contributed by atoms with E-state index in [9.17, 15) is 9.18 Å². The van der Waals surface area contributed by atoms with Crippen LogP contribution >= 0.6 is 0 Å². The quantitative estimate of drug-likeness (QED) is 0.879. The van der Waals surface area contributed by atoms with E-state index < -0.39 is 5.82 Å². The number of pyridine rings is 1. The third kappa shape index (κ3) is 3.41. The average molecular weight is 304 g/mol. The third-order valence-electron chi connectivity index (χ3n) is 3.72. The van der Waals surface area contributed by atoms with Crippen LogP contribution in [0.5, 0.6) is 5.75 Å². The summed E-state index contributed by atoms with van der Waals surface area (Å²) in [5.41, 5.74) is 0.158. The molecule has 116 valence electrons. The highest BCUT2D eigenvalue weighted by atomic mass is 19.1. The van der Waals surface area contributed by atoms with Crippen LogP contribution < -0.4 is 10.1 Å². The lowest BCUT2D eigenvalue weighted by Crippen LogP contribution is -2.43. The number of rotatable bonds is 5. The molecule has 0 radical (unpaired) electrons. The lowest BCUT2D eigenvalue weighted by molar-refractivity contribution is -0.121. The largest absolute Gasteiger partial charge is 0.485 e. The third-order valence-corrected chi connectivity index (χ3v) is 3.72. The summed E-state index contributed by atoms with van der Waals surface area (Å²) in [7, 11) is 0. The van der Waals surface area contributed by atoms with Crippen molar-refractivity contribution < 1.29 is 13.9 Å². The lowest BCUT2D eigenvalue weighted by atomic mass is 10.2. The van der Waals surface area contributed by atoms with Gasteiger partial charge >= 0.3 is 0 Å². The van der Waals surface area contributed by atoms with Crippen LogP contribution in [0, 0.1) is 5.82 Å². The summed E-state index contributed by atoms with van der Waals surface area (Å²) in [6, 6.07) is 2.73. The van der Waals surface area contributed by atoms with Gasteiger partial charge in [-0.15, -0.1) is 0 Å². The molecule has 2 N–H and O–H groups in total. The van der Waals surface area contributed by atoms with Crippen LogP contribution in [0.2, 0.25) is 0 Å². The predicted octanol–water partition coefficient (Wildman–Crippen LogP) is 1.60. The monoisotopic (exact) mass is 304 g/mol. The number of ether oxygens (including phenoxy) is 1. The Bertz CT molecular complexity index is 632. The van der Waals surface area contributed by atoms with Gasteiger partial charge in [-0.2, -0.15) is 5.10 Å². The predicted molar refractivity (Wildman–Crippen MR) is 76.7 cm³/mol. The second-order valence-electron chi connectivity index (χ2n) is 5.30. The number of carbonyl (C=O) groups excluding carboxylic acids is 1. The van der Waals surface area contributed by atoms with Crippen molar-refractivity contribution in [2.75, 3.05) is 0 Å². The molecule has 2 atom stereocenters. The van der Waals surface area contributed by atoms with Gasteiger partial charge in [0.1, 0.15) is 11.9 Å². The number of halogens is 1. The van der Waals surface area contributed by atoms with Crippen molar-refractivity contribution in [3.63, 3.8) is 0 Å². The summed E-state index contributed by atoms with van der Waals surface area (Å²) >= 11 is 0. The number of nitrogens with zero attached hydrogens (tertiary/aromatic N) is 2. The van der Waals surface area contributed by atoms with E-state index in [1.807, 2.05) is 0 Å². The number of aromatic amines is 1. The van der Waals surface area contributed by atoms with Crippen molar-refractivity contribution in [2.45, 2.75) is 37.8 Å². The van der Waals surface area contributed by atoms with E-state index in [0.29, 0.717) is 5.75 Å². The molecule has 0 unspecified atom stereocenters. The van der Waals surface area contributed by atoms with Gasteiger partial charge in [-0.3, -0.25) is 14.9 Å². The van der Waals surface area contributed by atoms with Crippen LogP contribution in [0.15, 0.2) is 30.7 Å². The smallest absolute Gasteiger partial charge is 0.226 e. The van der Waals surface area contributed by atoms with E-state index >= 15 is 0 Å². The highest BCUT2D eigenvalue weighted by molar-refractivity contribution is 5.78. The zero-order valence-electron chi connectivity index (χ0n) is 12.0. The van der Waals surface area contributed by atoms with Gasteiger partial charge in [0, 0.05) is 6.20 Å². The Hall–Kier alpha value is -2.44. The van der Waals surface area contributed by atoms with Crippen molar-refractivity contribution >= 4 is 5.91 Å². The van der Waals surface area contributed by atoms with Crippen molar-refractivity contribution in [3.8, 4) is 5.75 Å². The fourth-order valence-electron chi connectivity index (χ4n) is 2.67. The van der Waals surface area contributed by atoms with Crippen LogP contribution in [0.3, 0.4) is 0 Å². The Morgan fingerprint density at radius 2 is 2.41 bits per heavy atom. The molecule has 22 heavy (non-hydrogen) atoms. The zero-order chi connectivity index (χ0) is 15.4. The van der Waals surface area contributed by atoms with Crippen LogP contribution in [0.1, 0.15) is 25.0 Å². The molecule has 0 saturated heterocycles.